The summed E-state index contributed by atoms with van der Waals surface area (Å²) in [5, 5.41) is 4.09. The molecule has 1 aromatic rings. The summed E-state index contributed by atoms with van der Waals surface area (Å²) in [5.74, 6) is 0.451. The standard InChI is InChI=1S/C20H32N6O3/c1-23-7-3-5-20(19(28)24-10-12-29-13-11-24)6-9-25(14-17(20)23)18(27)4-2-8-26-16-21-15-22-26/h15-17H,2-14H2,1H3/t17-,20+/m0/s1. The molecule has 9 heteroatoms. The largest absolute Gasteiger partial charge is 0.378 e. The molecule has 29 heavy (non-hydrogen) atoms. The van der Waals surface area contributed by atoms with Crippen LogP contribution in [0, 0.1) is 5.41 Å². The van der Waals surface area contributed by atoms with Crippen LogP contribution in [0.5, 0.6) is 0 Å². The lowest BCUT2D eigenvalue weighted by atomic mass is 9.67. The average molecular weight is 405 g/mol. The predicted molar refractivity (Wildman–Crippen MR) is 106 cm³/mol. The number of hydrogen-bond acceptors (Lipinski definition) is 6. The molecule has 0 aromatic carbocycles. The van der Waals surface area contributed by atoms with Crippen LogP contribution in [0.1, 0.15) is 32.1 Å². The zero-order valence-corrected chi connectivity index (χ0v) is 17.3. The summed E-state index contributed by atoms with van der Waals surface area (Å²) in [5.41, 5.74) is -0.359. The van der Waals surface area contributed by atoms with Gasteiger partial charge in [-0.15, -0.1) is 0 Å². The number of amides is 2. The van der Waals surface area contributed by atoms with Crippen molar-refractivity contribution in [1.82, 2.24) is 29.5 Å². The summed E-state index contributed by atoms with van der Waals surface area (Å²) in [4.78, 5) is 36.6. The summed E-state index contributed by atoms with van der Waals surface area (Å²) < 4.78 is 7.19. The van der Waals surface area contributed by atoms with E-state index in [0.717, 1.165) is 32.2 Å². The lowest BCUT2D eigenvalue weighted by Crippen LogP contribution is -2.66. The lowest BCUT2D eigenvalue weighted by molar-refractivity contribution is -0.162. The highest BCUT2D eigenvalue weighted by Crippen LogP contribution is 2.43. The highest BCUT2D eigenvalue weighted by molar-refractivity contribution is 5.85. The Morgan fingerprint density at radius 2 is 1.97 bits per heavy atom. The lowest BCUT2D eigenvalue weighted by Gasteiger charge is -2.54. The first-order chi connectivity index (χ1) is 14.1. The first kappa shape index (κ1) is 20.3. The smallest absolute Gasteiger partial charge is 0.230 e. The van der Waals surface area contributed by atoms with Crippen molar-refractivity contribution in [2.24, 2.45) is 5.41 Å². The van der Waals surface area contributed by atoms with Crippen molar-refractivity contribution in [3.8, 4) is 0 Å². The number of carbonyl (C=O) groups excluding carboxylic acids is 2. The van der Waals surface area contributed by atoms with Crippen LogP contribution in [0.25, 0.3) is 0 Å². The SMILES string of the molecule is CN1CCC[C@@]2(C(=O)N3CCOCC3)CCN(C(=O)CCCn3cncn3)C[C@H]12. The first-order valence-electron chi connectivity index (χ1n) is 10.8. The van der Waals surface area contributed by atoms with Gasteiger partial charge in [-0.05, 0) is 39.3 Å². The first-order valence-corrected chi connectivity index (χ1v) is 10.8. The molecule has 0 saturated carbocycles. The van der Waals surface area contributed by atoms with Gasteiger partial charge in [0.2, 0.25) is 11.8 Å². The minimum atomic E-state index is -0.359. The fourth-order valence-electron chi connectivity index (χ4n) is 5.19. The molecule has 0 unspecified atom stereocenters. The molecule has 4 rings (SSSR count). The Morgan fingerprint density at radius 1 is 1.14 bits per heavy atom. The number of ether oxygens (including phenoxy) is 1. The van der Waals surface area contributed by atoms with Crippen LogP contribution in [-0.2, 0) is 20.9 Å². The fraction of sp³-hybridized carbons (Fsp3) is 0.800. The molecule has 2 amide bonds. The van der Waals surface area contributed by atoms with Crippen LogP contribution in [0.3, 0.4) is 0 Å². The second-order valence-electron chi connectivity index (χ2n) is 8.51. The zero-order chi connectivity index (χ0) is 20.3. The molecule has 3 aliphatic rings. The quantitative estimate of drug-likeness (QED) is 0.699. The zero-order valence-electron chi connectivity index (χ0n) is 17.3. The van der Waals surface area contributed by atoms with Gasteiger partial charge in [0.05, 0.1) is 18.6 Å². The number of rotatable bonds is 5. The van der Waals surface area contributed by atoms with Crippen LogP contribution >= 0.6 is 0 Å². The topological polar surface area (TPSA) is 83.8 Å². The predicted octanol–water partition coefficient (Wildman–Crippen LogP) is 0.230. The van der Waals surface area contributed by atoms with E-state index in [9.17, 15) is 9.59 Å². The maximum Gasteiger partial charge on any atom is 0.230 e. The molecule has 3 fully saturated rings. The third kappa shape index (κ3) is 4.16. The van der Waals surface area contributed by atoms with Crippen molar-refractivity contribution in [1.29, 1.82) is 0 Å². The summed E-state index contributed by atoms with van der Waals surface area (Å²) in [6.45, 7) is 5.61. The Morgan fingerprint density at radius 3 is 2.72 bits per heavy atom. The molecule has 1 aromatic heterocycles. The van der Waals surface area contributed by atoms with Crippen molar-refractivity contribution >= 4 is 11.8 Å². The minimum absolute atomic E-state index is 0.0969. The Labute approximate surface area is 172 Å². The second kappa shape index (κ2) is 8.79. The van der Waals surface area contributed by atoms with Gasteiger partial charge >= 0.3 is 0 Å². The van der Waals surface area contributed by atoms with Gasteiger partial charge in [0.25, 0.3) is 0 Å². The summed E-state index contributed by atoms with van der Waals surface area (Å²) in [6, 6.07) is 0.0969. The van der Waals surface area contributed by atoms with Gasteiger partial charge in [-0.2, -0.15) is 5.10 Å². The van der Waals surface area contributed by atoms with E-state index in [1.807, 2.05) is 9.80 Å². The molecule has 3 saturated heterocycles. The van der Waals surface area contributed by atoms with Gasteiger partial charge < -0.3 is 19.4 Å². The molecule has 0 radical (unpaired) electrons. The van der Waals surface area contributed by atoms with Crippen molar-refractivity contribution in [2.45, 2.75) is 44.7 Å². The fourth-order valence-corrected chi connectivity index (χ4v) is 5.19. The van der Waals surface area contributed by atoms with E-state index in [2.05, 4.69) is 22.0 Å². The van der Waals surface area contributed by atoms with E-state index in [1.165, 1.54) is 6.33 Å². The van der Waals surface area contributed by atoms with Crippen LogP contribution < -0.4 is 0 Å². The van der Waals surface area contributed by atoms with E-state index < -0.39 is 0 Å². The number of hydrogen-bond donors (Lipinski definition) is 0. The number of nitrogens with zero attached hydrogens (tertiary/aromatic N) is 6. The minimum Gasteiger partial charge on any atom is -0.378 e. The summed E-state index contributed by atoms with van der Waals surface area (Å²) in [6.07, 6.45) is 7.15. The van der Waals surface area contributed by atoms with E-state index in [0.29, 0.717) is 52.4 Å². The Hall–Kier alpha value is -2.00. The molecule has 0 spiro atoms. The van der Waals surface area contributed by atoms with Crippen LogP contribution in [0.2, 0.25) is 0 Å². The molecular weight excluding hydrogens is 372 g/mol. The maximum absolute atomic E-state index is 13.6. The van der Waals surface area contributed by atoms with Gasteiger partial charge in [-0.25, -0.2) is 4.98 Å². The molecule has 3 aliphatic heterocycles. The van der Waals surface area contributed by atoms with Crippen molar-refractivity contribution in [2.75, 3.05) is 53.0 Å². The van der Waals surface area contributed by atoms with Gasteiger partial charge in [0.15, 0.2) is 0 Å². The Bertz CT molecular complexity index is 705. The summed E-state index contributed by atoms with van der Waals surface area (Å²) >= 11 is 0. The maximum atomic E-state index is 13.6. The third-order valence-electron chi connectivity index (χ3n) is 6.85. The van der Waals surface area contributed by atoms with E-state index in [-0.39, 0.29) is 23.3 Å². The van der Waals surface area contributed by atoms with E-state index >= 15 is 0 Å². The molecule has 9 nitrogen and oxygen atoms in total. The second-order valence-corrected chi connectivity index (χ2v) is 8.51. The number of likely N-dealkylation sites (tertiary alicyclic amines) is 2. The van der Waals surface area contributed by atoms with Gasteiger partial charge in [-0.3, -0.25) is 14.3 Å². The van der Waals surface area contributed by atoms with Gasteiger partial charge in [0.1, 0.15) is 12.7 Å². The third-order valence-corrected chi connectivity index (χ3v) is 6.85. The van der Waals surface area contributed by atoms with Gasteiger partial charge in [0, 0.05) is 45.2 Å². The monoisotopic (exact) mass is 404 g/mol. The highest BCUT2D eigenvalue weighted by Gasteiger charge is 2.53. The number of fused-ring (bicyclic) bond motifs is 1. The molecule has 160 valence electrons. The van der Waals surface area contributed by atoms with E-state index in [4.69, 9.17) is 4.74 Å². The number of morpholine rings is 1. The molecule has 0 N–H and O–H groups in total. The van der Waals surface area contributed by atoms with Crippen molar-refractivity contribution in [3.63, 3.8) is 0 Å². The molecular formula is C20H32N6O3. The number of likely N-dealkylation sites (N-methyl/N-ethyl adjacent to an activating group) is 1. The van der Waals surface area contributed by atoms with Crippen LogP contribution in [0.15, 0.2) is 12.7 Å². The number of carbonyl (C=O) groups is 2. The molecule has 2 atom stereocenters. The van der Waals surface area contributed by atoms with Crippen molar-refractivity contribution in [3.05, 3.63) is 12.7 Å². The van der Waals surface area contributed by atoms with Crippen molar-refractivity contribution < 1.29 is 14.3 Å². The molecule has 0 bridgehead atoms. The Kier molecular flexibility index (Phi) is 6.15. The highest BCUT2D eigenvalue weighted by atomic mass is 16.5. The molecule has 0 aliphatic carbocycles. The number of aryl methyl sites for hydroxylation is 1. The van der Waals surface area contributed by atoms with Crippen LogP contribution in [-0.4, -0.2) is 100 Å². The molecule has 4 heterocycles. The normalized spacial score (nSPS) is 28.2. The summed E-state index contributed by atoms with van der Waals surface area (Å²) in [7, 11) is 2.10. The van der Waals surface area contributed by atoms with Crippen LogP contribution in [0.4, 0.5) is 0 Å². The number of aromatic nitrogens is 3. The van der Waals surface area contributed by atoms with E-state index in [1.54, 1.807) is 11.0 Å². The Balaban J connectivity index is 1.40. The number of piperidine rings is 2. The van der Waals surface area contributed by atoms with Gasteiger partial charge in [-0.1, -0.05) is 0 Å². The average Bonchev–Trinajstić information content (AvgIpc) is 3.27.